The molecule has 0 bridgehead atoms. The molecule has 1 heterocycles. The van der Waals surface area contributed by atoms with E-state index in [0.717, 1.165) is 5.56 Å². The second-order valence-electron chi connectivity index (χ2n) is 6.57. The van der Waals surface area contributed by atoms with Crippen LogP contribution in [0.15, 0.2) is 24.3 Å². The van der Waals surface area contributed by atoms with Crippen LogP contribution in [-0.2, 0) is 10.2 Å². The van der Waals surface area contributed by atoms with Crippen molar-refractivity contribution in [3.8, 4) is 0 Å². The van der Waals surface area contributed by atoms with Gasteiger partial charge in [0.05, 0.1) is 6.54 Å². The first kappa shape index (κ1) is 14.9. The number of ketones is 2. The molecule has 108 valence electrons. The highest BCUT2D eigenvalue weighted by Gasteiger charge is 2.19. The van der Waals surface area contributed by atoms with E-state index in [-0.39, 0.29) is 11.2 Å². The van der Waals surface area contributed by atoms with E-state index in [4.69, 9.17) is 0 Å². The highest BCUT2D eigenvalue weighted by molar-refractivity contribution is 5.97. The number of benzene rings is 1. The fourth-order valence-corrected chi connectivity index (χ4v) is 2.41. The molecule has 1 saturated heterocycles. The second-order valence-corrected chi connectivity index (χ2v) is 6.57. The van der Waals surface area contributed by atoms with Crippen molar-refractivity contribution in [1.29, 1.82) is 0 Å². The van der Waals surface area contributed by atoms with Crippen molar-refractivity contribution >= 4 is 11.6 Å². The first-order chi connectivity index (χ1) is 9.36. The Labute approximate surface area is 121 Å². The number of likely N-dealkylation sites (tertiary alicyclic amines) is 1. The highest BCUT2D eigenvalue weighted by atomic mass is 16.1. The molecule has 0 atom stereocenters. The minimum Gasteiger partial charge on any atom is -0.300 e. The van der Waals surface area contributed by atoms with Gasteiger partial charge >= 0.3 is 0 Å². The number of hydrogen-bond acceptors (Lipinski definition) is 3. The summed E-state index contributed by atoms with van der Waals surface area (Å²) in [7, 11) is 0. The first-order valence-corrected chi connectivity index (χ1v) is 7.24. The zero-order valence-electron chi connectivity index (χ0n) is 12.6. The zero-order valence-corrected chi connectivity index (χ0v) is 12.6. The maximum Gasteiger partial charge on any atom is 0.176 e. The average molecular weight is 273 g/mol. The van der Waals surface area contributed by atoms with Gasteiger partial charge in [-0.3, -0.25) is 14.5 Å². The molecule has 3 heteroatoms. The van der Waals surface area contributed by atoms with Crippen molar-refractivity contribution in [2.75, 3.05) is 19.6 Å². The predicted molar refractivity (Wildman–Crippen MR) is 80.2 cm³/mol. The molecule has 1 fully saturated rings. The molecule has 3 nitrogen and oxygen atoms in total. The molecule has 1 aromatic rings. The van der Waals surface area contributed by atoms with Gasteiger partial charge in [-0.05, 0) is 11.0 Å². The third-order valence-electron chi connectivity index (χ3n) is 3.85. The molecule has 0 spiro atoms. The molecule has 0 N–H and O–H groups in total. The quantitative estimate of drug-likeness (QED) is 0.795. The van der Waals surface area contributed by atoms with E-state index >= 15 is 0 Å². The average Bonchev–Trinajstić information content (AvgIpc) is 2.40. The third-order valence-corrected chi connectivity index (χ3v) is 3.85. The van der Waals surface area contributed by atoms with Crippen LogP contribution in [0.5, 0.6) is 0 Å². The molecule has 1 aliphatic heterocycles. The summed E-state index contributed by atoms with van der Waals surface area (Å²) in [6, 6.07) is 7.90. The molecule has 0 unspecified atom stereocenters. The molecule has 0 aromatic heterocycles. The molecule has 0 aliphatic carbocycles. The molecule has 0 saturated carbocycles. The maximum absolute atomic E-state index is 12.2. The summed E-state index contributed by atoms with van der Waals surface area (Å²) in [4.78, 5) is 25.5. The first-order valence-electron chi connectivity index (χ1n) is 7.24. The summed E-state index contributed by atoms with van der Waals surface area (Å²) in [5.41, 5.74) is 2.10. The van der Waals surface area contributed by atoms with Crippen molar-refractivity contribution < 1.29 is 9.59 Å². The van der Waals surface area contributed by atoms with Crippen molar-refractivity contribution in [2.24, 2.45) is 0 Å². The Hall–Kier alpha value is -1.48. The number of rotatable bonds is 3. The van der Waals surface area contributed by atoms with Crippen LogP contribution in [0.25, 0.3) is 0 Å². The molecule has 1 aromatic carbocycles. The third kappa shape index (κ3) is 3.76. The minimum absolute atomic E-state index is 0.106. The van der Waals surface area contributed by atoms with Crippen molar-refractivity contribution in [3.63, 3.8) is 0 Å². The van der Waals surface area contributed by atoms with Crippen molar-refractivity contribution in [3.05, 3.63) is 35.4 Å². The zero-order chi connectivity index (χ0) is 14.8. The molecule has 1 aliphatic rings. The van der Waals surface area contributed by atoms with Gasteiger partial charge < -0.3 is 0 Å². The topological polar surface area (TPSA) is 37.4 Å². The Bertz CT molecular complexity index is 487. The Kier molecular flexibility index (Phi) is 4.39. The largest absolute Gasteiger partial charge is 0.300 e. The summed E-state index contributed by atoms with van der Waals surface area (Å²) < 4.78 is 0. The SMILES string of the molecule is CC(C)(C)c1ccc(C(=O)CN2CCC(=O)CC2)cc1. The van der Waals surface area contributed by atoms with Crippen LogP contribution >= 0.6 is 0 Å². The van der Waals surface area contributed by atoms with Crippen LogP contribution in [0.3, 0.4) is 0 Å². The van der Waals surface area contributed by atoms with E-state index in [1.54, 1.807) is 0 Å². The number of carbonyl (C=O) groups is 2. The van der Waals surface area contributed by atoms with E-state index in [0.29, 0.717) is 38.3 Å². The van der Waals surface area contributed by atoms with Gasteiger partial charge in [-0.2, -0.15) is 0 Å². The normalized spacial score (nSPS) is 17.2. The standard InChI is InChI=1S/C17H23NO2/c1-17(2,3)14-6-4-13(5-7-14)16(20)12-18-10-8-15(19)9-11-18/h4-7H,8-12H2,1-3H3. The van der Waals surface area contributed by atoms with Gasteiger partial charge in [0.15, 0.2) is 5.78 Å². The van der Waals surface area contributed by atoms with Gasteiger partial charge in [-0.25, -0.2) is 0 Å². The van der Waals surface area contributed by atoms with E-state index in [1.807, 2.05) is 24.3 Å². The second kappa shape index (κ2) is 5.88. The molecule has 2 rings (SSSR count). The number of Topliss-reactive ketones (excluding diaryl/α,β-unsaturated/α-hetero) is 2. The number of nitrogens with zero attached hydrogens (tertiary/aromatic N) is 1. The predicted octanol–water partition coefficient (Wildman–Crippen LogP) is 2.83. The van der Waals surface area contributed by atoms with Gasteiger partial charge in [-0.15, -0.1) is 0 Å². The highest BCUT2D eigenvalue weighted by Crippen LogP contribution is 2.22. The van der Waals surface area contributed by atoms with Gasteiger partial charge in [0, 0.05) is 31.5 Å². The van der Waals surface area contributed by atoms with Crippen LogP contribution in [-0.4, -0.2) is 36.1 Å². The monoisotopic (exact) mass is 273 g/mol. The van der Waals surface area contributed by atoms with E-state index in [2.05, 4.69) is 25.7 Å². The summed E-state index contributed by atoms with van der Waals surface area (Å²) in [5.74, 6) is 0.447. The Morgan fingerprint density at radius 1 is 1.10 bits per heavy atom. The number of piperidine rings is 1. The Balaban J connectivity index is 1.97. The van der Waals surface area contributed by atoms with Gasteiger partial charge in [0.2, 0.25) is 0 Å². The molecular weight excluding hydrogens is 250 g/mol. The van der Waals surface area contributed by atoms with Crippen molar-refractivity contribution in [2.45, 2.75) is 39.0 Å². The van der Waals surface area contributed by atoms with Crippen LogP contribution in [0.2, 0.25) is 0 Å². The summed E-state index contributed by atoms with van der Waals surface area (Å²) in [6.07, 6.45) is 1.16. The molecule has 0 amide bonds. The fraction of sp³-hybridized carbons (Fsp3) is 0.529. The van der Waals surface area contributed by atoms with Crippen LogP contribution in [0.4, 0.5) is 0 Å². The Morgan fingerprint density at radius 3 is 2.15 bits per heavy atom. The lowest BCUT2D eigenvalue weighted by Crippen LogP contribution is -2.37. The van der Waals surface area contributed by atoms with E-state index in [1.165, 1.54) is 5.56 Å². The summed E-state index contributed by atoms with van der Waals surface area (Å²) in [6.45, 7) is 8.33. The lowest BCUT2D eigenvalue weighted by atomic mass is 9.86. The lowest BCUT2D eigenvalue weighted by Gasteiger charge is -2.25. The molecule has 20 heavy (non-hydrogen) atoms. The van der Waals surface area contributed by atoms with Crippen LogP contribution in [0.1, 0.15) is 49.5 Å². The van der Waals surface area contributed by atoms with E-state index in [9.17, 15) is 9.59 Å². The number of carbonyl (C=O) groups excluding carboxylic acids is 2. The smallest absolute Gasteiger partial charge is 0.176 e. The van der Waals surface area contributed by atoms with Gasteiger partial charge in [-0.1, -0.05) is 45.0 Å². The van der Waals surface area contributed by atoms with Crippen molar-refractivity contribution in [1.82, 2.24) is 4.90 Å². The number of hydrogen-bond donors (Lipinski definition) is 0. The summed E-state index contributed by atoms with van der Waals surface area (Å²) in [5, 5.41) is 0. The van der Waals surface area contributed by atoms with E-state index < -0.39 is 0 Å². The molecular formula is C17H23NO2. The van der Waals surface area contributed by atoms with Crippen LogP contribution < -0.4 is 0 Å². The van der Waals surface area contributed by atoms with Crippen LogP contribution in [0, 0.1) is 0 Å². The Morgan fingerprint density at radius 2 is 1.65 bits per heavy atom. The summed E-state index contributed by atoms with van der Waals surface area (Å²) >= 11 is 0. The lowest BCUT2D eigenvalue weighted by molar-refractivity contribution is -0.121. The minimum atomic E-state index is 0.106. The van der Waals surface area contributed by atoms with Gasteiger partial charge in [0.25, 0.3) is 0 Å². The van der Waals surface area contributed by atoms with Gasteiger partial charge in [0.1, 0.15) is 5.78 Å². The fourth-order valence-electron chi connectivity index (χ4n) is 2.41. The maximum atomic E-state index is 12.2. The molecule has 0 radical (unpaired) electrons.